The lowest BCUT2D eigenvalue weighted by molar-refractivity contribution is 0.00620. The lowest BCUT2D eigenvalue weighted by Crippen LogP contribution is -2.23. The molecular formula is C14H15FO3S. The van der Waals surface area contributed by atoms with Crippen molar-refractivity contribution in [3.63, 3.8) is 0 Å². The molecule has 0 amide bonds. The number of rotatable bonds is 7. The maximum Gasteiger partial charge on any atom is 0.126 e. The Kier molecular flexibility index (Phi) is 5.32. The first-order valence-electron chi connectivity index (χ1n) is 5.90. The van der Waals surface area contributed by atoms with Gasteiger partial charge >= 0.3 is 0 Å². The van der Waals surface area contributed by atoms with Gasteiger partial charge in [0, 0.05) is 10.9 Å². The maximum absolute atomic E-state index is 12.9. The van der Waals surface area contributed by atoms with Crippen molar-refractivity contribution < 1.29 is 19.0 Å². The highest BCUT2D eigenvalue weighted by Gasteiger charge is 2.06. The van der Waals surface area contributed by atoms with Crippen molar-refractivity contribution in [2.75, 3.05) is 13.2 Å². The number of halogens is 1. The number of aliphatic hydroxyl groups is 1. The summed E-state index contributed by atoms with van der Waals surface area (Å²) in [7, 11) is 0. The van der Waals surface area contributed by atoms with Crippen LogP contribution in [-0.4, -0.2) is 24.4 Å². The summed E-state index contributed by atoms with van der Waals surface area (Å²) in [5.74, 6) is 0.0400. The van der Waals surface area contributed by atoms with Gasteiger partial charge in [-0.1, -0.05) is 12.1 Å². The van der Waals surface area contributed by atoms with Crippen LogP contribution in [0.4, 0.5) is 4.39 Å². The van der Waals surface area contributed by atoms with Gasteiger partial charge in [0.25, 0.3) is 0 Å². The molecule has 1 aromatic carbocycles. The van der Waals surface area contributed by atoms with Crippen molar-refractivity contribution in [3.05, 3.63) is 52.5 Å². The summed E-state index contributed by atoms with van der Waals surface area (Å²) >= 11 is 1.61. The predicted molar refractivity (Wildman–Crippen MR) is 71.9 cm³/mol. The van der Waals surface area contributed by atoms with Crippen molar-refractivity contribution in [2.24, 2.45) is 0 Å². The number of hydrogen-bond acceptors (Lipinski definition) is 4. The Hall–Kier alpha value is -1.43. The summed E-state index contributed by atoms with van der Waals surface area (Å²) in [4.78, 5) is 1.11. The van der Waals surface area contributed by atoms with Crippen LogP contribution in [0.1, 0.15) is 4.88 Å². The maximum atomic E-state index is 12.9. The molecular weight excluding hydrogens is 267 g/mol. The molecule has 3 nitrogen and oxygen atoms in total. The van der Waals surface area contributed by atoms with Crippen LogP contribution < -0.4 is 4.74 Å². The normalized spacial score (nSPS) is 12.3. The number of hydrogen-bond donors (Lipinski definition) is 1. The minimum Gasteiger partial charge on any atom is -0.491 e. The molecule has 5 heteroatoms. The molecule has 0 radical (unpaired) electrons. The number of ether oxygens (including phenoxy) is 2. The van der Waals surface area contributed by atoms with Crippen LogP contribution in [0.2, 0.25) is 0 Å². The largest absolute Gasteiger partial charge is 0.491 e. The molecule has 0 aliphatic rings. The van der Waals surface area contributed by atoms with Crippen LogP contribution in [-0.2, 0) is 11.3 Å². The third-order valence-corrected chi connectivity index (χ3v) is 3.22. The Morgan fingerprint density at radius 2 is 2.11 bits per heavy atom. The van der Waals surface area contributed by atoms with Crippen LogP contribution >= 0.6 is 11.3 Å². The Bertz CT molecular complexity index is 487. The van der Waals surface area contributed by atoms with Gasteiger partial charge in [-0.05, 0) is 23.6 Å². The highest BCUT2D eigenvalue weighted by Crippen LogP contribution is 2.12. The minimum absolute atomic E-state index is 0.0773. The Balaban J connectivity index is 1.65. The van der Waals surface area contributed by atoms with Gasteiger partial charge in [-0.25, -0.2) is 4.39 Å². The first-order chi connectivity index (χ1) is 9.24. The molecule has 0 spiro atoms. The summed E-state index contributed by atoms with van der Waals surface area (Å²) in [6.45, 7) is 0.746. The topological polar surface area (TPSA) is 38.7 Å². The molecule has 1 atom stereocenters. The van der Waals surface area contributed by atoms with E-state index >= 15 is 0 Å². The molecule has 102 valence electrons. The lowest BCUT2D eigenvalue weighted by Gasteiger charge is -2.12. The molecule has 0 saturated heterocycles. The summed E-state index contributed by atoms with van der Waals surface area (Å²) in [5.41, 5.74) is 0. The van der Waals surface area contributed by atoms with E-state index in [0.29, 0.717) is 12.4 Å². The standard InChI is InChI=1S/C14H15FO3S/c15-11-3-1-4-13(7-11)18-9-12(16)8-17-10-14-5-2-6-19-14/h1-7,12,16H,8-10H2. The van der Waals surface area contributed by atoms with Crippen LogP contribution in [0.25, 0.3) is 0 Å². The summed E-state index contributed by atoms with van der Waals surface area (Å²) in [6, 6.07) is 9.74. The van der Waals surface area contributed by atoms with Gasteiger partial charge in [-0.3, -0.25) is 0 Å². The van der Waals surface area contributed by atoms with Gasteiger partial charge in [0.15, 0.2) is 0 Å². The summed E-state index contributed by atoms with van der Waals surface area (Å²) in [5, 5.41) is 11.6. The fourth-order valence-electron chi connectivity index (χ4n) is 1.49. The molecule has 1 unspecified atom stereocenters. The van der Waals surface area contributed by atoms with Crippen molar-refractivity contribution >= 4 is 11.3 Å². The summed E-state index contributed by atoms with van der Waals surface area (Å²) in [6.07, 6.45) is -0.733. The van der Waals surface area contributed by atoms with Crippen LogP contribution in [0.5, 0.6) is 5.75 Å². The van der Waals surface area contributed by atoms with Crippen molar-refractivity contribution in [3.8, 4) is 5.75 Å². The van der Waals surface area contributed by atoms with E-state index in [1.807, 2.05) is 17.5 Å². The van der Waals surface area contributed by atoms with Crippen molar-refractivity contribution in [1.29, 1.82) is 0 Å². The first-order valence-corrected chi connectivity index (χ1v) is 6.78. The molecule has 1 N–H and O–H groups in total. The molecule has 0 bridgehead atoms. The van der Waals surface area contributed by atoms with E-state index < -0.39 is 6.10 Å². The molecule has 0 aliphatic carbocycles. The van der Waals surface area contributed by atoms with Gasteiger partial charge < -0.3 is 14.6 Å². The quantitative estimate of drug-likeness (QED) is 0.848. The fourth-order valence-corrected chi connectivity index (χ4v) is 2.13. The number of benzene rings is 1. The van der Waals surface area contributed by atoms with E-state index in [-0.39, 0.29) is 19.0 Å². The second-order valence-corrected chi connectivity index (χ2v) is 5.05. The number of thiophene rings is 1. The van der Waals surface area contributed by atoms with E-state index in [9.17, 15) is 9.50 Å². The minimum atomic E-state index is -0.733. The highest BCUT2D eigenvalue weighted by molar-refractivity contribution is 7.09. The van der Waals surface area contributed by atoms with Gasteiger partial charge in [-0.2, -0.15) is 0 Å². The van der Waals surface area contributed by atoms with Gasteiger partial charge in [-0.15, -0.1) is 11.3 Å². The van der Waals surface area contributed by atoms with E-state index in [1.54, 1.807) is 23.5 Å². The molecule has 0 fully saturated rings. The second-order valence-electron chi connectivity index (χ2n) is 4.02. The van der Waals surface area contributed by atoms with E-state index in [1.165, 1.54) is 12.1 Å². The molecule has 19 heavy (non-hydrogen) atoms. The van der Waals surface area contributed by atoms with Crippen LogP contribution in [0, 0.1) is 5.82 Å². The second kappa shape index (κ2) is 7.23. The lowest BCUT2D eigenvalue weighted by atomic mass is 10.3. The fraction of sp³-hybridized carbons (Fsp3) is 0.286. The first kappa shape index (κ1) is 14.0. The summed E-state index contributed by atoms with van der Waals surface area (Å²) < 4.78 is 23.5. The zero-order valence-electron chi connectivity index (χ0n) is 10.3. The molecule has 0 aliphatic heterocycles. The third kappa shape index (κ3) is 4.98. The monoisotopic (exact) mass is 282 g/mol. The Morgan fingerprint density at radius 1 is 1.21 bits per heavy atom. The van der Waals surface area contributed by atoms with E-state index in [2.05, 4.69) is 0 Å². The smallest absolute Gasteiger partial charge is 0.126 e. The zero-order valence-corrected chi connectivity index (χ0v) is 11.1. The average molecular weight is 282 g/mol. The van der Waals surface area contributed by atoms with Crippen LogP contribution in [0.15, 0.2) is 41.8 Å². The zero-order chi connectivity index (χ0) is 13.5. The molecule has 0 saturated carbocycles. The van der Waals surface area contributed by atoms with E-state index in [4.69, 9.17) is 9.47 Å². The highest BCUT2D eigenvalue weighted by atomic mass is 32.1. The molecule has 1 aromatic heterocycles. The van der Waals surface area contributed by atoms with Gasteiger partial charge in [0.1, 0.15) is 24.3 Å². The van der Waals surface area contributed by atoms with Crippen LogP contribution in [0.3, 0.4) is 0 Å². The van der Waals surface area contributed by atoms with Crippen molar-refractivity contribution in [1.82, 2.24) is 0 Å². The SMILES string of the molecule is OC(COCc1cccs1)COc1cccc(F)c1. The average Bonchev–Trinajstić information content (AvgIpc) is 2.90. The van der Waals surface area contributed by atoms with Gasteiger partial charge in [0.05, 0.1) is 13.2 Å². The van der Waals surface area contributed by atoms with Crippen molar-refractivity contribution in [2.45, 2.75) is 12.7 Å². The third-order valence-electron chi connectivity index (χ3n) is 2.37. The molecule has 2 rings (SSSR count). The Morgan fingerprint density at radius 3 is 2.84 bits per heavy atom. The number of aliphatic hydroxyl groups excluding tert-OH is 1. The predicted octanol–water partition coefficient (Wildman–Crippen LogP) is 2.84. The van der Waals surface area contributed by atoms with E-state index in [0.717, 1.165) is 4.88 Å². The molecule has 2 aromatic rings. The van der Waals surface area contributed by atoms with Gasteiger partial charge in [0.2, 0.25) is 0 Å². The molecule has 1 heterocycles. The Labute approximate surface area is 115 Å².